The van der Waals surface area contributed by atoms with Crippen LogP contribution in [-0.2, 0) is 10.1 Å². The van der Waals surface area contributed by atoms with E-state index in [9.17, 15) is 18.0 Å². The van der Waals surface area contributed by atoms with Gasteiger partial charge in [0.05, 0.1) is 5.56 Å². The van der Waals surface area contributed by atoms with Crippen LogP contribution in [0, 0.1) is 0 Å². The molecule has 0 bridgehead atoms. The zero-order valence-electron chi connectivity index (χ0n) is 7.48. The Morgan fingerprint density at radius 3 is 2.06 bits per heavy atom. The Morgan fingerprint density at radius 1 is 1.12 bits per heavy atom. The van der Waals surface area contributed by atoms with Crippen molar-refractivity contribution in [1.82, 2.24) is 0 Å². The summed E-state index contributed by atoms with van der Waals surface area (Å²) in [6.45, 7) is 0. The van der Waals surface area contributed by atoms with Gasteiger partial charge in [0.2, 0.25) is 0 Å². The maximum absolute atomic E-state index is 11.0. The van der Waals surface area contributed by atoms with Crippen molar-refractivity contribution in [2.75, 3.05) is 0 Å². The number of carbonyl (C=O) groups is 2. The first-order valence-corrected chi connectivity index (χ1v) is 5.95. The molecule has 1 aromatic carbocycles. The molecule has 0 radical (unpaired) electrons. The minimum Gasteiger partial charge on any atom is -0.282 e. The first-order chi connectivity index (χ1) is 7.25. The number of rotatable bonds is 3. The highest BCUT2D eigenvalue weighted by atomic mass is 35.5. The second-order valence-electron chi connectivity index (χ2n) is 2.70. The molecule has 0 aliphatic carbocycles. The van der Waals surface area contributed by atoms with Gasteiger partial charge in [-0.2, -0.15) is 8.42 Å². The normalized spacial score (nSPS) is 11.2. The summed E-state index contributed by atoms with van der Waals surface area (Å²) in [5.74, 6) is 0. The summed E-state index contributed by atoms with van der Waals surface area (Å²) in [6.07, 6.45) is 0. The van der Waals surface area contributed by atoms with Crippen LogP contribution in [0.3, 0.4) is 0 Å². The van der Waals surface area contributed by atoms with E-state index in [2.05, 4.69) is 0 Å². The van der Waals surface area contributed by atoms with Crippen LogP contribution in [0.2, 0.25) is 0 Å². The Balaban J connectivity index is 3.72. The highest BCUT2D eigenvalue weighted by Gasteiger charge is 2.24. The molecule has 0 atom stereocenters. The van der Waals surface area contributed by atoms with Gasteiger partial charge in [-0.15, -0.1) is 0 Å². The Morgan fingerprint density at radius 2 is 1.69 bits per heavy atom. The molecule has 0 aliphatic heterocycles. The summed E-state index contributed by atoms with van der Waals surface area (Å²) in [5, 5.41) is -2.24. The fraction of sp³-hybridized carbons (Fsp3) is 0. The van der Waals surface area contributed by atoms with E-state index in [-0.39, 0.29) is 5.56 Å². The van der Waals surface area contributed by atoms with E-state index in [1.54, 1.807) is 0 Å². The molecule has 1 aromatic rings. The van der Waals surface area contributed by atoms with Crippen LogP contribution in [0.15, 0.2) is 23.1 Å². The van der Waals surface area contributed by atoms with E-state index in [1.165, 1.54) is 0 Å². The SMILES string of the molecule is O=C(Cl)c1cccc(S(=O)(=O)O)c1C(=O)Cl. The first kappa shape index (κ1) is 13.1. The molecule has 5 nitrogen and oxygen atoms in total. The fourth-order valence-corrected chi connectivity index (χ4v) is 2.24. The zero-order valence-corrected chi connectivity index (χ0v) is 9.80. The maximum Gasteiger partial charge on any atom is 0.295 e. The monoisotopic (exact) mass is 282 g/mol. The first-order valence-electron chi connectivity index (χ1n) is 3.75. The average molecular weight is 283 g/mol. The van der Waals surface area contributed by atoms with E-state index in [4.69, 9.17) is 27.8 Å². The third-order valence-electron chi connectivity index (χ3n) is 1.71. The lowest BCUT2D eigenvalue weighted by molar-refractivity contribution is 0.104. The Labute approximate surface area is 101 Å². The van der Waals surface area contributed by atoms with Crippen LogP contribution in [-0.4, -0.2) is 23.5 Å². The average Bonchev–Trinajstić information content (AvgIpc) is 2.14. The third kappa shape index (κ3) is 2.59. The summed E-state index contributed by atoms with van der Waals surface area (Å²) < 4.78 is 30.7. The molecule has 0 heterocycles. The number of benzene rings is 1. The van der Waals surface area contributed by atoms with Crippen molar-refractivity contribution in [3.8, 4) is 0 Å². The molecule has 16 heavy (non-hydrogen) atoms. The zero-order chi connectivity index (χ0) is 12.5. The Hall–Kier alpha value is -0.950. The molecule has 0 fully saturated rings. The minimum atomic E-state index is -4.65. The number of halogens is 2. The molecule has 1 rings (SSSR count). The maximum atomic E-state index is 11.0. The fourth-order valence-electron chi connectivity index (χ4n) is 1.11. The van der Waals surface area contributed by atoms with Crippen LogP contribution in [0.1, 0.15) is 20.7 Å². The van der Waals surface area contributed by atoms with Gasteiger partial charge >= 0.3 is 0 Å². The van der Waals surface area contributed by atoms with Crippen molar-refractivity contribution in [3.05, 3.63) is 29.3 Å². The second-order valence-corrected chi connectivity index (χ2v) is 4.78. The molecule has 0 saturated heterocycles. The molecule has 0 spiro atoms. The highest BCUT2D eigenvalue weighted by molar-refractivity contribution is 7.86. The summed E-state index contributed by atoms with van der Waals surface area (Å²) in [4.78, 5) is 21.2. The van der Waals surface area contributed by atoms with Crippen LogP contribution in [0.5, 0.6) is 0 Å². The van der Waals surface area contributed by atoms with Crippen LogP contribution in [0.4, 0.5) is 0 Å². The van der Waals surface area contributed by atoms with E-state index >= 15 is 0 Å². The summed E-state index contributed by atoms with van der Waals surface area (Å²) in [7, 11) is -4.65. The van der Waals surface area contributed by atoms with Crippen molar-refractivity contribution in [1.29, 1.82) is 0 Å². The van der Waals surface area contributed by atoms with Gasteiger partial charge in [-0.05, 0) is 35.3 Å². The summed E-state index contributed by atoms with van der Waals surface area (Å²) >= 11 is 10.3. The van der Waals surface area contributed by atoms with E-state index in [1.807, 2.05) is 0 Å². The topological polar surface area (TPSA) is 88.5 Å². The standard InChI is InChI=1S/C8H4Cl2O5S/c9-7(11)4-2-1-3-5(16(13,14)15)6(4)8(10)12/h1-3H,(H,13,14,15). The lowest BCUT2D eigenvalue weighted by atomic mass is 10.1. The Bertz CT molecular complexity index is 564. The van der Waals surface area contributed by atoms with E-state index in [0.29, 0.717) is 0 Å². The van der Waals surface area contributed by atoms with E-state index < -0.39 is 31.1 Å². The largest absolute Gasteiger partial charge is 0.295 e. The van der Waals surface area contributed by atoms with Gasteiger partial charge in [-0.1, -0.05) is 6.07 Å². The third-order valence-corrected chi connectivity index (χ3v) is 3.00. The molecule has 8 heteroatoms. The predicted octanol–water partition coefficient (Wildman–Crippen LogP) is 1.69. The second kappa shape index (κ2) is 4.50. The molecular formula is C8H4Cl2O5S. The van der Waals surface area contributed by atoms with Gasteiger partial charge in [0, 0.05) is 5.56 Å². The molecule has 0 saturated carbocycles. The number of carbonyl (C=O) groups excluding carboxylic acids is 2. The summed E-state index contributed by atoms with van der Waals surface area (Å²) in [6, 6.07) is 3.22. The van der Waals surface area contributed by atoms with Gasteiger partial charge < -0.3 is 0 Å². The highest BCUT2D eigenvalue weighted by Crippen LogP contribution is 2.23. The smallest absolute Gasteiger partial charge is 0.282 e. The summed E-state index contributed by atoms with van der Waals surface area (Å²) in [5.41, 5.74) is -1.01. The van der Waals surface area contributed by atoms with Gasteiger partial charge in [0.15, 0.2) is 0 Å². The van der Waals surface area contributed by atoms with Crippen molar-refractivity contribution in [2.24, 2.45) is 0 Å². The van der Waals surface area contributed by atoms with Crippen LogP contribution < -0.4 is 0 Å². The molecule has 0 aromatic heterocycles. The lowest BCUT2D eigenvalue weighted by Gasteiger charge is -2.05. The molecule has 1 N–H and O–H groups in total. The van der Waals surface area contributed by atoms with Gasteiger partial charge in [0.1, 0.15) is 4.90 Å². The van der Waals surface area contributed by atoms with Crippen molar-refractivity contribution >= 4 is 43.8 Å². The van der Waals surface area contributed by atoms with E-state index in [0.717, 1.165) is 18.2 Å². The molecule has 0 amide bonds. The Kier molecular flexibility index (Phi) is 3.69. The van der Waals surface area contributed by atoms with Crippen molar-refractivity contribution < 1.29 is 22.6 Å². The van der Waals surface area contributed by atoms with Crippen molar-refractivity contribution in [3.63, 3.8) is 0 Å². The van der Waals surface area contributed by atoms with Crippen molar-refractivity contribution in [2.45, 2.75) is 4.90 Å². The minimum absolute atomic E-state index is 0.378. The van der Waals surface area contributed by atoms with Gasteiger partial charge in [-0.3, -0.25) is 14.1 Å². The number of hydrogen-bond acceptors (Lipinski definition) is 4. The van der Waals surface area contributed by atoms with Gasteiger partial charge in [0.25, 0.3) is 20.6 Å². The molecular weight excluding hydrogens is 279 g/mol. The van der Waals surface area contributed by atoms with Gasteiger partial charge in [-0.25, -0.2) is 0 Å². The lowest BCUT2D eigenvalue weighted by Crippen LogP contribution is -2.10. The molecule has 86 valence electrons. The predicted molar refractivity (Wildman–Crippen MR) is 56.6 cm³/mol. The molecule has 0 aliphatic rings. The number of hydrogen-bond donors (Lipinski definition) is 1. The quantitative estimate of drug-likeness (QED) is 0.673. The van der Waals surface area contributed by atoms with Crippen LogP contribution in [0.25, 0.3) is 0 Å². The van der Waals surface area contributed by atoms with Crippen LogP contribution >= 0.6 is 23.2 Å². The molecule has 0 unspecified atom stereocenters.